The van der Waals surface area contributed by atoms with E-state index in [1.807, 2.05) is 5.32 Å². The van der Waals surface area contributed by atoms with Crippen molar-refractivity contribution in [3.8, 4) is 0 Å². The Morgan fingerprint density at radius 1 is 1.03 bits per heavy atom. The third-order valence-corrected chi connectivity index (χ3v) is 5.72. The Morgan fingerprint density at radius 3 is 2.26 bits per heavy atom. The van der Waals surface area contributed by atoms with Gasteiger partial charge in [-0.3, -0.25) is 19.4 Å². The molecule has 2 aromatic rings. The van der Waals surface area contributed by atoms with E-state index in [-0.39, 0.29) is 22.2 Å². The van der Waals surface area contributed by atoms with Gasteiger partial charge in [0.15, 0.2) is 5.78 Å². The molecule has 1 fully saturated rings. The van der Waals surface area contributed by atoms with Crippen molar-refractivity contribution in [2.75, 3.05) is 24.7 Å². The number of anilines is 1. The summed E-state index contributed by atoms with van der Waals surface area (Å²) >= 11 is 0. The number of ketones is 1. The lowest BCUT2D eigenvalue weighted by molar-refractivity contribution is -0.202. The van der Waals surface area contributed by atoms with Gasteiger partial charge in [-0.05, 0) is 31.4 Å². The monoisotopic (exact) mass is 551 g/mol. The molecule has 1 aliphatic rings. The number of ether oxygens (including phenoxy) is 1. The lowest BCUT2D eigenvalue weighted by atomic mass is 10.0. The molecule has 8 nitrogen and oxygen atoms in total. The van der Waals surface area contributed by atoms with E-state index in [0.717, 1.165) is 30.8 Å². The van der Waals surface area contributed by atoms with E-state index in [2.05, 4.69) is 9.72 Å². The number of carbonyl (C=O) groups excluding carboxylic acids is 4. The minimum atomic E-state index is -5.51. The molecule has 1 saturated heterocycles. The predicted molar refractivity (Wildman–Crippen MR) is 117 cm³/mol. The highest BCUT2D eigenvalue weighted by Crippen LogP contribution is 2.36. The molecule has 1 amide bonds. The van der Waals surface area contributed by atoms with Gasteiger partial charge in [0.1, 0.15) is 12.7 Å². The molecule has 206 valence electrons. The van der Waals surface area contributed by atoms with Gasteiger partial charge in [-0.15, -0.1) is 0 Å². The van der Waals surface area contributed by atoms with Crippen LogP contribution in [0.3, 0.4) is 0 Å². The molecule has 15 heteroatoms. The molecular weight excluding hydrogens is 531 g/mol. The summed E-state index contributed by atoms with van der Waals surface area (Å²) in [6.45, 7) is -0.848. The van der Waals surface area contributed by atoms with Crippen LogP contribution in [-0.4, -0.2) is 60.6 Å². The van der Waals surface area contributed by atoms with E-state index in [4.69, 9.17) is 0 Å². The maximum absolute atomic E-state index is 13.2. The zero-order valence-corrected chi connectivity index (χ0v) is 19.4. The normalized spacial score (nSPS) is 15.2. The smallest absolute Gasteiger partial charge is 0.386 e. The van der Waals surface area contributed by atoms with Crippen molar-refractivity contribution in [2.45, 2.75) is 44.1 Å². The first-order valence-corrected chi connectivity index (χ1v) is 11.2. The van der Waals surface area contributed by atoms with Gasteiger partial charge in [-0.25, -0.2) is 9.18 Å². The number of halogens is 7. The summed E-state index contributed by atoms with van der Waals surface area (Å²) in [6, 6.07) is 0.741. The molecule has 1 unspecified atom stereocenters. The fourth-order valence-electron chi connectivity index (χ4n) is 3.92. The number of piperidine rings is 1. The Labute approximate surface area is 210 Å². The highest BCUT2D eigenvalue weighted by molar-refractivity contribution is 6.09. The fourth-order valence-corrected chi connectivity index (χ4v) is 3.92. The van der Waals surface area contributed by atoms with Crippen LogP contribution in [0.15, 0.2) is 24.4 Å². The number of pyridine rings is 1. The second-order valence-corrected chi connectivity index (χ2v) is 8.39. The van der Waals surface area contributed by atoms with Crippen LogP contribution in [0.25, 0.3) is 10.9 Å². The summed E-state index contributed by atoms with van der Waals surface area (Å²) in [4.78, 5) is 53.4. The molecule has 3 rings (SSSR count). The number of fused-ring (bicyclic) bond motifs is 1. The zero-order chi connectivity index (χ0) is 28.3. The van der Waals surface area contributed by atoms with E-state index in [1.165, 1.54) is 0 Å². The molecule has 0 aliphatic carbocycles. The zero-order valence-electron chi connectivity index (χ0n) is 19.4. The summed E-state index contributed by atoms with van der Waals surface area (Å²) in [5.41, 5.74) is -1.10. The number of benzene rings is 1. The Morgan fingerprint density at radius 2 is 1.68 bits per heavy atom. The number of esters is 2. The second kappa shape index (κ2) is 11.3. The van der Waals surface area contributed by atoms with E-state index < -0.39 is 60.7 Å². The number of hydrogen-bond acceptors (Lipinski definition) is 7. The first-order chi connectivity index (χ1) is 17.7. The van der Waals surface area contributed by atoms with Crippen LogP contribution in [0.2, 0.25) is 0 Å². The van der Waals surface area contributed by atoms with Crippen LogP contribution in [0.5, 0.6) is 0 Å². The molecule has 1 N–H and O–H groups in total. The summed E-state index contributed by atoms with van der Waals surface area (Å²) in [5.74, 6) is -7.18. The average molecular weight is 551 g/mol. The lowest BCUT2D eigenvalue weighted by Crippen LogP contribution is -2.44. The van der Waals surface area contributed by atoms with Gasteiger partial charge >= 0.3 is 24.3 Å². The molecule has 38 heavy (non-hydrogen) atoms. The molecule has 0 spiro atoms. The SMILES string of the molecule is O=C(CC(NC(=O)c1cnc2cc(C(F)(F)F)ccc2c1N1CCCCC1)C(=O)CF)OC(=O)C(F)(F)F. The number of Topliss-reactive ketones (excluding diaryl/α,β-unsaturated/α-hetero) is 1. The fraction of sp³-hybridized carbons (Fsp3) is 0.435. The molecular formula is C23H20F7N3O5. The van der Waals surface area contributed by atoms with Crippen molar-refractivity contribution >= 4 is 40.2 Å². The summed E-state index contributed by atoms with van der Waals surface area (Å²) < 4.78 is 93.3. The van der Waals surface area contributed by atoms with Crippen molar-refractivity contribution in [2.24, 2.45) is 0 Å². The number of amides is 1. The Bertz CT molecular complexity index is 1240. The quantitative estimate of drug-likeness (QED) is 0.316. The summed E-state index contributed by atoms with van der Waals surface area (Å²) in [5, 5.41) is 2.22. The molecule has 0 bridgehead atoms. The van der Waals surface area contributed by atoms with Crippen molar-refractivity contribution in [1.29, 1.82) is 0 Å². The largest absolute Gasteiger partial charge is 0.491 e. The number of hydrogen-bond donors (Lipinski definition) is 1. The Balaban J connectivity index is 1.96. The molecule has 1 atom stereocenters. The van der Waals surface area contributed by atoms with Crippen molar-refractivity contribution in [1.82, 2.24) is 10.3 Å². The van der Waals surface area contributed by atoms with Gasteiger partial charge in [0.2, 0.25) is 0 Å². The van der Waals surface area contributed by atoms with Crippen LogP contribution < -0.4 is 10.2 Å². The first kappa shape index (κ1) is 28.8. The van der Waals surface area contributed by atoms with Crippen LogP contribution in [0.4, 0.5) is 36.4 Å². The number of rotatable bonds is 7. The predicted octanol–water partition coefficient (Wildman–Crippen LogP) is 3.90. The molecule has 2 heterocycles. The number of nitrogens with one attached hydrogen (secondary N) is 1. The summed E-state index contributed by atoms with van der Waals surface area (Å²) in [6.07, 6.45) is -8.23. The lowest BCUT2D eigenvalue weighted by Gasteiger charge is -2.31. The maximum Gasteiger partial charge on any atom is 0.491 e. The number of alkyl halides is 7. The number of nitrogens with zero attached hydrogens (tertiary/aromatic N) is 2. The van der Waals surface area contributed by atoms with Crippen LogP contribution in [0, 0.1) is 0 Å². The van der Waals surface area contributed by atoms with Gasteiger partial charge < -0.3 is 15.0 Å². The van der Waals surface area contributed by atoms with E-state index in [9.17, 15) is 49.9 Å². The second-order valence-electron chi connectivity index (χ2n) is 8.39. The van der Waals surface area contributed by atoms with Gasteiger partial charge in [0, 0.05) is 24.7 Å². The molecule has 1 aromatic carbocycles. The molecule has 1 aromatic heterocycles. The maximum atomic E-state index is 13.2. The topological polar surface area (TPSA) is 106 Å². The minimum absolute atomic E-state index is 0.0810. The van der Waals surface area contributed by atoms with Crippen LogP contribution in [-0.2, 0) is 25.3 Å². The van der Waals surface area contributed by atoms with Crippen molar-refractivity contribution in [3.63, 3.8) is 0 Å². The van der Waals surface area contributed by atoms with Crippen LogP contribution in [0.1, 0.15) is 41.6 Å². The standard InChI is InChI=1S/C23H20F7N3O5/c24-10-17(34)16(9-18(35)38-21(37)23(28,29)30)32-20(36)14-11-31-15-8-12(22(25,26)27)4-5-13(15)19(14)33-6-2-1-3-7-33/h4-5,8,11,16H,1-3,6-7,9-10H2,(H,32,36). The third kappa shape index (κ3) is 6.75. The Hall–Kier alpha value is -3.78. The van der Waals surface area contributed by atoms with Gasteiger partial charge in [0.25, 0.3) is 5.91 Å². The van der Waals surface area contributed by atoms with E-state index >= 15 is 0 Å². The third-order valence-electron chi connectivity index (χ3n) is 5.72. The minimum Gasteiger partial charge on any atom is -0.386 e. The van der Waals surface area contributed by atoms with Gasteiger partial charge in [-0.2, -0.15) is 26.3 Å². The molecule has 0 radical (unpaired) electrons. The average Bonchev–Trinajstić information content (AvgIpc) is 2.86. The van der Waals surface area contributed by atoms with Crippen LogP contribution >= 0.6 is 0 Å². The summed E-state index contributed by atoms with van der Waals surface area (Å²) in [7, 11) is 0. The van der Waals surface area contributed by atoms with Crippen molar-refractivity contribution < 1.29 is 54.6 Å². The number of aromatic nitrogens is 1. The van der Waals surface area contributed by atoms with Gasteiger partial charge in [-0.1, -0.05) is 6.07 Å². The van der Waals surface area contributed by atoms with Gasteiger partial charge in [0.05, 0.1) is 28.8 Å². The van der Waals surface area contributed by atoms with Crippen molar-refractivity contribution in [3.05, 3.63) is 35.5 Å². The first-order valence-electron chi connectivity index (χ1n) is 11.2. The molecule has 1 aliphatic heterocycles. The number of carbonyl (C=O) groups is 4. The molecule has 0 saturated carbocycles. The Kier molecular flexibility index (Phi) is 8.57. The highest BCUT2D eigenvalue weighted by atomic mass is 19.4. The van der Waals surface area contributed by atoms with E-state index in [1.54, 1.807) is 4.90 Å². The highest BCUT2D eigenvalue weighted by Gasteiger charge is 2.43. The van der Waals surface area contributed by atoms with E-state index in [0.29, 0.717) is 25.9 Å².